The first-order chi connectivity index (χ1) is 14.0. The summed E-state index contributed by atoms with van der Waals surface area (Å²) in [6.07, 6.45) is 3.10. The highest BCUT2D eigenvalue weighted by Gasteiger charge is 2.24. The molecule has 0 bridgehead atoms. The number of benzene rings is 2. The lowest BCUT2D eigenvalue weighted by atomic mass is 10.0. The molecule has 2 heterocycles. The summed E-state index contributed by atoms with van der Waals surface area (Å²) >= 11 is 0. The summed E-state index contributed by atoms with van der Waals surface area (Å²) in [6.45, 7) is 0.564. The zero-order chi connectivity index (χ0) is 20.4. The molecule has 2 aromatic carbocycles. The summed E-state index contributed by atoms with van der Waals surface area (Å²) in [7, 11) is 0. The van der Waals surface area contributed by atoms with Gasteiger partial charge in [0, 0.05) is 30.1 Å². The number of amides is 2. The lowest BCUT2D eigenvalue weighted by Gasteiger charge is -2.29. The van der Waals surface area contributed by atoms with E-state index in [1.165, 1.54) is 18.3 Å². The van der Waals surface area contributed by atoms with E-state index in [4.69, 9.17) is 0 Å². The third kappa shape index (κ3) is 3.85. The minimum atomic E-state index is -0.881. The molecule has 3 aromatic rings. The molecule has 0 spiro atoms. The van der Waals surface area contributed by atoms with Crippen LogP contribution in [0.1, 0.15) is 32.8 Å². The normalized spacial score (nSPS) is 13.0. The predicted molar refractivity (Wildman–Crippen MR) is 105 cm³/mol. The number of aryl methyl sites for hydroxylation is 1. The van der Waals surface area contributed by atoms with Crippen molar-refractivity contribution >= 4 is 23.2 Å². The van der Waals surface area contributed by atoms with Gasteiger partial charge in [0.15, 0.2) is 0 Å². The van der Waals surface area contributed by atoms with Crippen molar-refractivity contribution in [3.63, 3.8) is 0 Å². The van der Waals surface area contributed by atoms with E-state index in [0.29, 0.717) is 12.6 Å². The zero-order valence-electron chi connectivity index (χ0n) is 15.4. The molecule has 0 saturated carbocycles. The van der Waals surface area contributed by atoms with Crippen molar-refractivity contribution in [2.24, 2.45) is 0 Å². The lowest BCUT2D eigenvalue weighted by molar-refractivity contribution is 0.0980. The number of para-hydroxylation sites is 1. The molecule has 4 rings (SSSR count). The highest BCUT2D eigenvalue weighted by atomic mass is 19.1. The Balaban J connectivity index is 1.57. The second kappa shape index (κ2) is 7.79. The topological polar surface area (TPSA) is 62.3 Å². The number of aromatic nitrogens is 1. The first-order valence-electron chi connectivity index (χ1n) is 9.15. The molecule has 1 aromatic heterocycles. The second-order valence-corrected chi connectivity index (χ2v) is 6.70. The SMILES string of the molecule is O=C(Nc1ccc(F)cc1F)c1ccnc(C(=O)N2CCCc3ccccc32)c1. The molecule has 146 valence electrons. The Labute approximate surface area is 166 Å². The zero-order valence-corrected chi connectivity index (χ0v) is 15.4. The number of anilines is 2. The Kier molecular flexibility index (Phi) is 5.03. The number of halogens is 2. The van der Waals surface area contributed by atoms with E-state index in [1.807, 2.05) is 24.3 Å². The summed E-state index contributed by atoms with van der Waals surface area (Å²) in [5, 5.41) is 2.38. The Hall–Kier alpha value is -3.61. The number of hydrogen-bond donors (Lipinski definition) is 1. The Morgan fingerprint density at radius 2 is 1.86 bits per heavy atom. The van der Waals surface area contributed by atoms with Crippen molar-refractivity contribution < 1.29 is 18.4 Å². The van der Waals surface area contributed by atoms with Crippen LogP contribution in [0.25, 0.3) is 0 Å². The van der Waals surface area contributed by atoms with Gasteiger partial charge in [0.2, 0.25) is 0 Å². The van der Waals surface area contributed by atoms with E-state index < -0.39 is 17.5 Å². The van der Waals surface area contributed by atoms with Gasteiger partial charge in [0.25, 0.3) is 11.8 Å². The van der Waals surface area contributed by atoms with Gasteiger partial charge in [-0.2, -0.15) is 0 Å². The standard InChI is InChI=1S/C22H17F2N3O2/c23-16-7-8-18(17(24)13-16)26-21(28)15-9-10-25-19(12-15)22(29)27-11-3-5-14-4-1-2-6-20(14)27/h1-2,4,6-10,12-13H,3,5,11H2,(H,26,28). The Morgan fingerprint density at radius 3 is 2.69 bits per heavy atom. The number of carbonyl (C=O) groups excluding carboxylic acids is 2. The quantitative estimate of drug-likeness (QED) is 0.725. The van der Waals surface area contributed by atoms with Crippen LogP contribution in [0.5, 0.6) is 0 Å². The first kappa shape index (κ1) is 18.7. The number of pyridine rings is 1. The van der Waals surface area contributed by atoms with Crippen molar-refractivity contribution in [1.29, 1.82) is 0 Å². The first-order valence-corrected chi connectivity index (χ1v) is 9.15. The van der Waals surface area contributed by atoms with Gasteiger partial charge in [-0.1, -0.05) is 18.2 Å². The second-order valence-electron chi connectivity index (χ2n) is 6.70. The fraction of sp³-hybridized carbons (Fsp3) is 0.136. The van der Waals surface area contributed by atoms with E-state index in [2.05, 4.69) is 10.3 Å². The van der Waals surface area contributed by atoms with E-state index in [0.717, 1.165) is 36.2 Å². The molecule has 7 heteroatoms. The van der Waals surface area contributed by atoms with Crippen molar-refractivity contribution in [1.82, 2.24) is 4.98 Å². The Bertz CT molecular complexity index is 1100. The molecule has 29 heavy (non-hydrogen) atoms. The monoisotopic (exact) mass is 393 g/mol. The molecule has 5 nitrogen and oxygen atoms in total. The minimum absolute atomic E-state index is 0.119. The minimum Gasteiger partial charge on any atom is -0.319 e. The maximum atomic E-state index is 13.8. The van der Waals surface area contributed by atoms with Gasteiger partial charge in [-0.05, 0) is 48.7 Å². The third-order valence-corrected chi connectivity index (χ3v) is 4.78. The average Bonchev–Trinajstić information content (AvgIpc) is 2.75. The van der Waals surface area contributed by atoms with Crippen molar-refractivity contribution in [2.45, 2.75) is 12.8 Å². The predicted octanol–water partition coefficient (Wildman–Crippen LogP) is 4.21. The Morgan fingerprint density at radius 1 is 1.03 bits per heavy atom. The van der Waals surface area contributed by atoms with E-state index >= 15 is 0 Å². The van der Waals surface area contributed by atoms with Crippen LogP contribution in [0.2, 0.25) is 0 Å². The molecule has 0 fully saturated rings. The summed E-state index contributed by atoms with van der Waals surface area (Å²) in [6, 6.07) is 13.4. The van der Waals surface area contributed by atoms with Gasteiger partial charge >= 0.3 is 0 Å². The summed E-state index contributed by atoms with van der Waals surface area (Å²) in [5.41, 5.74) is 2.05. The van der Waals surface area contributed by atoms with E-state index in [-0.39, 0.29) is 22.9 Å². The van der Waals surface area contributed by atoms with Crippen LogP contribution < -0.4 is 10.2 Å². The van der Waals surface area contributed by atoms with Gasteiger partial charge in [-0.15, -0.1) is 0 Å². The lowest BCUT2D eigenvalue weighted by Crippen LogP contribution is -2.36. The van der Waals surface area contributed by atoms with E-state index in [1.54, 1.807) is 4.90 Å². The largest absolute Gasteiger partial charge is 0.319 e. The van der Waals surface area contributed by atoms with Crippen LogP contribution in [0, 0.1) is 11.6 Å². The molecule has 0 atom stereocenters. The maximum absolute atomic E-state index is 13.8. The highest BCUT2D eigenvalue weighted by molar-refractivity contribution is 6.09. The van der Waals surface area contributed by atoms with Crippen LogP contribution in [-0.2, 0) is 6.42 Å². The van der Waals surface area contributed by atoms with Gasteiger partial charge in [-0.25, -0.2) is 8.78 Å². The molecule has 0 radical (unpaired) electrons. The molecular formula is C22H17F2N3O2. The number of nitrogens with one attached hydrogen (secondary N) is 1. The van der Waals surface area contributed by atoms with Crippen LogP contribution in [0.15, 0.2) is 60.8 Å². The average molecular weight is 393 g/mol. The van der Waals surface area contributed by atoms with Crippen LogP contribution >= 0.6 is 0 Å². The fourth-order valence-corrected chi connectivity index (χ4v) is 3.36. The molecule has 1 N–H and O–H groups in total. The fourth-order valence-electron chi connectivity index (χ4n) is 3.36. The van der Waals surface area contributed by atoms with Crippen LogP contribution in [0.4, 0.5) is 20.2 Å². The maximum Gasteiger partial charge on any atom is 0.276 e. The van der Waals surface area contributed by atoms with Crippen LogP contribution in [0.3, 0.4) is 0 Å². The highest BCUT2D eigenvalue weighted by Crippen LogP contribution is 2.28. The number of rotatable bonds is 3. The number of carbonyl (C=O) groups is 2. The number of fused-ring (bicyclic) bond motifs is 1. The molecular weight excluding hydrogens is 376 g/mol. The smallest absolute Gasteiger partial charge is 0.276 e. The van der Waals surface area contributed by atoms with Gasteiger partial charge in [0.05, 0.1) is 5.69 Å². The summed E-state index contributed by atoms with van der Waals surface area (Å²) in [4.78, 5) is 31.3. The van der Waals surface area contributed by atoms with Gasteiger partial charge < -0.3 is 10.2 Å². The molecule has 0 unspecified atom stereocenters. The van der Waals surface area contributed by atoms with Crippen molar-refractivity contribution in [2.75, 3.05) is 16.8 Å². The van der Waals surface area contributed by atoms with Crippen molar-refractivity contribution in [3.8, 4) is 0 Å². The van der Waals surface area contributed by atoms with Gasteiger partial charge in [0.1, 0.15) is 17.3 Å². The summed E-state index contributed by atoms with van der Waals surface area (Å²) < 4.78 is 26.8. The van der Waals surface area contributed by atoms with E-state index in [9.17, 15) is 18.4 Å². The molecule has 1 aliphatic heterocycles. The number of hydrogen-bond acceptors (Lipinski definition) is 3. The number of nitrogens with zero attached hydrogens (tertiary/aromatic N) is 2. The summed E-state index contributed by atoms with van der Waals surface area (Å²) in [5.74, 6) is -2.54. The van der Waals surface area contributed by atoms with Crippen LogP contribution in [-0.4, -0.2) is 23.3 Å². The molecule has 0 saturated heterocycles. The third-order valence-electron chi connectivity index (χ3n) is 4.78. The molecule has 2 amide bonds. The molecule has 1 aliphatic rings. The molecule has 0 aliphatic carbocycles. The van der Waals surface area contributed by atoms with Crippen molar-refractivity contribution in [3.05, 3.63) is 89.2 Å². The van der Waals surface area contributed by atoms with Gasteiger partial charge in [-0.3, -0.25) is 14.6 Å².